The fraction of sp³-hybridized carbons (Fsp3) is 0.571. The number of carbonyl (C=O) groups is 4. The van der Waals surface area contributed by atoms with Crippen LogP contribution in [0.5, 0.6) is 0 Å². The van der Waals surface area contributed by atoms with Crippen LogP contribution in [-0.4, -0.2) is 55.2 Å². The summed E-state index contributed by atoms with van der Waals surface area (Å²) in [5.74, 6) is -2.39. The molecule has 22 heavy (non-hydrogen) atoms. The second kappa shape index (κ2) is 8.16. The number of rotatable bonds is 4. The van der Waals surface area contributed by atoms with Gasteiger partial charge < -0.3 is 14.2 Å². The van der Waals surface area contributed by atoms with Crippen molar-refractivity contribution in [2.45, 2.75) is 33.3 Å². The van der Waals surface area contributed by atoms with Crippen LogP contribution >= 0.6 is 0 Å². The Morgan fingerprint density at radius 2 is 1.68 bits per heavy atom. The third-order valence-electron chi connectivity index (χ3n) is 2.14. The molecule has 0 aromatic rings. The number of methoxy groups -OCH3 is 1. The number of hydrogen-bond donors (Lipinski definition) is 0. The number of nitrogens with zero attached hydrogens (tertiary/aromatic N) is 1. The molecule has 0 aliphatic rings. The van der Waals surface area contributed by atoms with Crippen LogP contribution < -0.4 is 0 Å². The van der Waals surface area contributed by atoms with Gasteiger partial charge in [-0.3, -0.25) is 9.69 Å². The highest BCUT2D eigenvalue weighted by Gasteiger charge is 2.22. The third kappa shape index (κ3) is 8.03. The molecule has 0 aromatic heterocycles. The van der Waals surface area contributed by atoms with E-state index in [9.17, 15) is 19.2 Å². The van der Waals surface area contributed by atoms with Crippen molar-refractivity contribution in [2.24, 2.45) is 0 Å². The molecule has 0 aliphatic carbocycles. The standard InChI is InChI=1S/C14H21NO7/c1-9(7-10(16)20-6)12(18)21-13(19)15(5)8-11(17)22-14(2,3)4/h7H,8H2,1-6H3/b9-7+. The zero-order valence-electron chi connectivity index (χ0n) is 13.6. The lowest BCUT2D eigenvalue weighted by Crippen LogP contribution is -2.37. The summed E-state index contributed by atoms with van der Waals surface area (Å²) < 4.78 is 13.9. The summed E-state index contributed by atoms with van der Waals surface area (Å²) in [6, 6.07) is 0. The monoisotopic (exact) mass is 315 g/mol. The third-order valence-corrected chi connectivity index (χ3v) is 2.14. The molecule has 0 bridgehead atoms. The van der Waals surface area contributed by atoms with Crippen molar-refractivity contribution in [1.29, 1.82) is 0 Å². The Morgan fingerprint density at radius 1 is 1.14 bits per heavy atom. The van der Waals surface area contributed by atoms with Gasteiger partial charge in [0.25, 0.3) is 0 Å². The first-order chi connectivity index (χ1) is 9.96. The van der Waals surface area contributed by atoms with Crippen molar-refractivity contribution in [3.8, 4) is 0 Å². The van der Waals surface area contributed by atoms with E-state index in [2.05, 4.69) is 9.47 Å². The minimum Gasteiger partial charge on any atom is -0.466 e. The van der Waals surface area contributed by atoms with Gasteiger partial charge in [0.2, 0.25) is 0 Å². The Morgan fingerprint density at radius 3 is 2.14 bits per heavy atom. The first-order valence-corrected chi connectivity index (χ1v) is 6.41. The molecule has 0 spiro atoms. The van der Waals surface area contributed by atoms with Gasteiger partial charge in [0.15, 0.2) is 0 Å². The van der Waals surface area contributed by atoms with E-state index in [1.54, 1.807) is 20.8 Å². The predicted molar refractivity (Wildman–Crippen MR) is 75.7 cm³/mol. The van der Waals surface area contributed by atoms with Gasteiger partial charge in [0, 0.05) is 18.7 Å². The molecular weight excluding hydrogens is 294 g/mol. The lowest BCUT2D eigenvalue weighted by Gasteiger charge is -2.22. The van der Waals surface area contributed by atoms with Gasteiger partial charge in [-0.2, -0.15) is 0 Å². The highest BCUT2D eigenvalue weighted by Crippen LogP contribution is 2.07. The maximum Gasteiger partial charge on any atom is 0.418 e. The first kappa shape index (κ1) is 19.6. The minimum absolute atomic E-state index is 0.106. The molecule has 0 saturated carbocycles. The van der Waals surface area contributed by atoms with Crippen LogP contribution in [0.2, 0.25) is 0 Å². The Balaban J connectivity index is 4.54. The predicted octanol–water partition coefficient (Wildman–Crippen LogP) is 1.04. The van der Waals surface area contributed by atoms with Crippen LogP contribution in [0.1, 0.15) is 27.7 Å². The van der Waals surface area contributed by atoms with E-state index in [4.69, 9.17) is 4.74 Å². The highest BCUT2D eigenvalue weighted by molar-refractivity contribution is 6.00. The molecule has 1 amide bonds. The van der Waals surface area contributed by atoms with Crippen molar-refractivity contribution >= 4 is 24.0 Å². The quantitative estimate of drug-likeness (QED) is 0.331. The summed E-state index contributed by atoms with van der Waals surface area (Å²) in [6.07, 6.45) is -0.141. The van der Waals surface area contributed by atoms with Crippen LogP contribution in [0.25, 0.3) is 0 Å². The van der Waals surface area contributed by atoms with Crippen LogP contribution in [-0.2, 0) is 28.6 Å². The van der Waals surface area contributed by atoms with Crippen LogP contribution in [0.3, 0.4) is 0 Å². The molecule has 0 saturated heterocycles. The number of carbonyl (C=O) groups excluding carboxylic acids is 4. The Kier molecular flexibility index (Phi) is 7.28. The van der Waals surface area contributed by atoms with Crippen molar-refractivity contribution in [1.82, 2.24) is 4.90 Å². The number of esters is 3. The lowest BCUT2D eigenvalue weighted by atomic mass is 10.2. The van der Waals surface area contributed by atoms with E-state index < -0.39 is 29.6 Å². The molecule has 0 unspecified atom stereocenters. The van der Waals surface area contributed by atoms with Crippen LogP contribution in [0.4, 0.5) is 4.79 Å². The van der Waals surface area contributed by atoms with Gasteiger partial charge in [0.1, 0.15) is 12.1 Å². The SMILES string of the molecule is COC(=O)/C=C(\C)C(=O)OC(=O)N(C)CC(=O)OC(C)(C)C. The summed E-state index contributed by atoms with van der Waals surface area (Å²) in [5, 5.41) is 0. The molecule has 0 fully saturated rings. The summed E-state index contributed by atoms with van der Waals surface area (Å²) >= 11 is 0. The van der Waals surface area contributed by atoms with Gasteiger partial charge in [-0.15, -0.1) is 0 Å². The number of ether oxygens (including phenoxy) is 3. The Hall–Kier alpha value is -2.38. The van der Waals surface area contributed by atoms with Gasteiger partial charge in [-0.1, -0.05) is 0 Å². The summed E-state index contributed by atoms with van der Waals surface area (Å²) in [4.78, 5) is 46.6. The van der Waals surface area contributed by atoms with E-state index >= 15 is 0 Å². The average molecular weight is 315 g/mol. The van der Waals surface area contributed by atoms with E-state index in [1.807, 2.05) is 0 Å². The molecule has 8 heteroatoms. The zero-order valence-corrected chi connectivity index (χ0v) is 13.6. The molecule has 8 nitrogen and oxygen atoms in total. The fourth-order valence-electron chi connectivity index (χ4n) is 1.16. The second-order valence-electron chi connectivity index (χ2n) is 5.45. The molecule has 0 aromatic carbocycles. The molecule has 0 heterocycles. The lowest BCUT2D eigenvalue weighted by molar-refractivity contribution is -0.156. The average Bonchev–Trinajstić information content (AvgIpc) is 2.35. The fourth-order valence-corrected chi connectivity index (χ4v) is 1.16. The first-order valence-electron chi connectivity index (χ1n) is 6.41. The molecule has 0 aliphatic heterocycles. The number of amides is 1. The molecule has 0 radical (unpaired) electrons. The summed E-state index contributed by atoms with van der Waals surface area (Å²) in [5.41, 5.74) is -0.789. The summed E-state index contributed by atoms with van der Waals surface area (Å²) in [7, 11) is 2.43. The number of hydrogen-bond acceptors (Lipinski definition) is 7. The van der Waals surface area contributed by atoms with Crippen molar-refractivity contribution < 1.29 is 33.4 Å². The minimum atomic E-state index is -1.03. The van der Waals surface area contributed by atoms with Crippen LogP contribution in [0.15, 0.2) is 11.6 Å². The molecule has 0 rings (SSSR count). The van der Waals surface area contributed by atoms with Crippen molar-refractivity contribution in [2.75, 3.05) is 20.7 Å². The maximum atomic E-state index is 11.6. The van der Waals surface area contributed by atoms with Gasteiger partial charge in [0.05, 0.1) is 7.11 Å². The number of likely N-dealkylation sites (N-methyl/N-ethyl adjacent to an activating group) is 1. The van der Waals surface area contributed by atoms with Crippen LogP contribution in [0, 0.1) is 0 Å². The highest BCUT2D eigenvalue weighted by atomic mass is 16.6. The maximum absolute atomic E-state index is 11.6. The van der Waals surface area contributed by atoms with Crippen molar-refractivity contribution in [3.05, 3.63) is 11.6 Å². The van der Waals surface area contributed by atoms with E-state index in [1.165, 1.54) is 14.0 Å². The van der Waals surface area contributed by atoms with Gasteiger partial charge >= 0.3 is 24.0 Å². The molecular formula is C14H21NO7. The molecule has 0 atom stereocenters. The Labute approximate surface area is 129 Å². The van der Waals surface area contributed by atoms with E-state index in [-0.39, 0.29) is 12.1 Å². The smallest absolute Gasteiger partial charge is 0.418 e. The largest absolute Gasteiger partial charge is 0.466 e. The molecule has 0 N–H and O–H groups in total. The van der Waals surface area contributed by atoms with Crippen molar-refractivity contribution in [3.63, 3.8) is 0 Å². The normalized spacial score (nSPS) is 11.5. The Bertz CT molecular complexity index is 488. The van der Waals surface area contributed by atoms with Gasteiger partial charge in [-0.05, 0) is 27.7 Å². The topological polar surface area (TPSA) is 99.2 Å². The zero-order chi connectivity index (χ0) is 17.5. The van der Waals surface area contributed by atoms with E-state index in [0.717, 1.165) is 18.1 Å². The van der Waals surface area contributed by atoms with E-state index in [0.29, 0.717) is 0 Å². The molecule has 124 valence electrons. The summed E-state index contributed by atoms with van der Waals surface area (Å²) in [6.45, 7) is 5.98. The second-order valence-corrected chi connectivity index (χ2v) is 5.45. The van der Waals surface area contributed by atoms with Gasteiger partial charge in [-0.25, -0.2) is 14.4 Å².